The Morgan fingerprint density at radius 3 is 2.41 bits per heavy atom. The number of amidine groups is 1. The lowest BCUT2D eigenvalue weighted by molar-refractivity contribution is -0.143. The number of hydrogen-bond acceptors (Lipinski definition) is 7. The normalized spacial score (nSPS) is 15.1. The third-order valence-corrected chi connectivity index (χ3v) is 4.21. The number of carbonyl (C=O) groups excluding carboxylic acids is 2. The second-order valence-electron chi connectivity index (χ2n) is 6.46. The van der Waals surface area contributed by atoms with Crippen LogP contribution in [-0.2, 0) is 14.3 Å². The summed E-state index contributed by atoms with van der Waals surface area (Å²) in [7, 11) is 5.19. The molecule has 0 saturated heterocycles. The van der Waals surface area contributed by atoms with E-state index in [-0.39, 0.29) is 18.1 Å². The molecule has 2 aromatic rings. The van der Waals surface area contributed by atoms with Crippen molar-refractivity contribution in [2.75, 3.05) is 32.6 Å². The van der Waals surface area contributed by atoms with Gasteiger partial charge in [-0.15, -0.1) is 0 Å². The van der Waals surface area contributed by atoms with Gasteiger partial charge in [0.15, 0.2) is 0 Å². The molecule has 1 amide bonds. The number of rotatable bonds is 6. The van der Waals surface area contributed by atoms with Crippen LogP contribution in [0, 0.1) is 0 Å². The van der Waals surface area contributed by atoms with Gasteiger partial charge in [0.2, 0.25) is 0 Å². The number of aromatic nitrogens is 2. The molecule has 29 heavy (non-hydrogen) atoms. The third kappa shape index (κ3) is 4.92. The zero-order valence-electron chi connectivity index (χ0n) is 16.4. The highest BCUT2D eigenvalue weighted by atomic mass is 16.5. The van der Waals surface area contributed by atoms with E-state index in [4.69, 9.17) is 4.74 Å². The van der Waals surface area contributed by atoms with Gasteiger partial charge in [0.1, 0.15) is 24.4 Å². The van der Waals surface area contributed by atoms with E-state index in [0.717, 1.165) is 16.8 Å². The largest absolute Gasteiger partial charge is 0.468 e. The van der Waals surface area contributed by atoms with Crippen LogP contribution in [-0.4, -0.2) is 60.3 Å². The van der Waals surface area contributed by atoms with Gasteiger partial charge in [-0.05, 0) is 35.9 Å². The topological polar surface area (TPSA) is 88.0 Å². The summed E-state index contributed by atoms with van der Waals surface area (Å²) < 4.78 is 4.70. The summed E-state index contributed by atoms with van der Waals surface area (Å²) in [4.78, 5) is 40.2. The Morgan fingerprint density at radius 1 is 1.10 bits per heavy atom. The van der Waals surface area contributed by atoms with Gasteiger partial charge in [0.25, 0.3) is 5.91 Å². The van der Waals surface area contributed by atoms with E-state index in [1.54, 1.807) is 30.6 Å². The predicted molar refractivity (Wildman–Crippen MR) is 111 cm³/mol. The summed E-state index contributed by atoms with van der Waals surface area (Å²) in [6.07, 6.45) is 9.77. The van der Waals surface area contributed by atoms with Crippen molar-refractivity contribution >= 4 is 35.6 Å². The van der Waals surface area contributed by atoms with Crippen molar-refractivity contribution in [3.8, 4) is 0 Å². The number of methoxy groups -OCH3 is 1. The number of esters is 1. The van der Waals surface area contributed by atoms with Crippen LogP contribution < -0.4 is 4.90 Å². The first-order chi connectivity index (χ1) is 14.0. The average molecular weight is 391 g/mol. The summed E-state index contributed by atoms with van der Waals surface area (Å²) in [6, 6.07) is 7.73. The number of amides is 1. The molecule has 8 nitrogen and oxygen atoms in total. The van der Waals surface area contributed by atoms with E-state index in [2.05, 4.69) is 15.0 Å². The van der Waals surface area contributed by atoms with Gasteiger partial charge >= 0.3 is 5.97 Å². The third-order valence-electron chi connectivity index (χ3n) is 4.21. The first-order valence-electron chi connectivity index (χ1n) is 8.87. The zero-order chi connectivity index (χ0) is 20.8. The van der Waals surface area contributed by atoms with Crippen LogP contribution >= 0.6 is 0 Å². The molecule has 1 aliphatic rings. The summed E-state index contributed by atoms with van der Waals surface area (Å²) in [5.41, 5.74) is 2.88. The molecule has 0 unspecified atom stereocenters. The van der Waals surface area contributed by atoms with Gasteiger partial charge < -0.3 is 9.64 Å². The van der Waals surface area contributed by atoms with Crippen LogP contribution in [0.3, 0.4) is 0 Å². The Kier molecular flexibility index (Phi) is 6.13. The molecule has 1 aromatic heterocycles. The molecule has 0 saturated carbocycles. The molecule has 0 radical (unpaired) electrons. The van der Waals surface area contributed by atoms with Crippen LogP contribution in [0.2, 0.25) is 0 Å². The Hall–Kier alpha value is -3.81. The van der Waals surface area contributed by atoms with Crippen LogP contribution in [0.4, 0.5) is 5.69 Å². The Labute approximate surface area is 168 Å². The number of anilines is 1. The number of carbonyl (C=O) groups is 2. The van der Waals surface area contributed by atoms with Gasteiger partial charge in [-0.3, -0.25) is 14.5 Å². The summed E-state index contributed by atoms with van der Waals surface area (Å²) >= 11 is 0. The van der Waals surface area contributed by atoms with Crippen molar-refractivity contribution in [3.05, 3.63) is 65.9 Å². The first-order valence-corrected chi connectivity index (χ1v) is 8.87. The summed E-state index contributed by atoms with van der Waals surface area (Å²) in [6.45, 7) is -0.222. The molecule has 0 fully saturated rings. The van der Waals surface area contributed by atoms with Gasteiger partial charge in [-0.2, -0.15) is 0 Å². The molecule has 148 valence electrons. The number of nitrogens with zero attached hydrogens (tertiary/aromatic N) is 5. The number of ether oxygens (including phenoxy) is 1. The second kappa shape index (κ2) is 8.92. The van der Waals surface area contributed by atoms with Crippen LogP contribution in [0.1, 0.15) is 11.1 Å². The van der Waals surface area contributed by atoms with Crippen molar-refractivity contribution < 1.29 is 14.3 Å². The highest BCUT2D eigenvalue weighted by Gasteiger charge is 2.30. The molecular formula is C21H21N5O3. The minimum absolute atomic E-state index is 0.222. The van der Waals surface area contributed by atoms with E-state index in [1.165, 1.54) is 18.3 Å². The van der Waals surface area contributed by atoms with Crippen molar-refractivity contribution in [1.29, 1.82) is 0 Å². The zero-order valence-corrected chi connectivity index (χ0v) is 16.4. The van der Waals surface area contributed by atoms with Gasteiger partial charge in [-0.1, -0.05) is 12.1 Å². The van der Waals surface area contributed by atoms with Crippen molar-refractivity contribution in [1.82, 2.24) is 14.9 Å². The summed E-state index contributed by atoms with van der Waals surface area (Å²) in [5, 5.41) is 0. The van der Waals surface area contributed by atoms with E-state index < -0.39 is 5.97 Å². The van der Waals surface area contributed by atoms with E-state index in [1.807, 2.05) is 43.3 Å². The number of aliphatic imine (C=N–C) groups is 1. The number of benzene rings is 1. The van der Waals surface area contributed by atoms with Crippen LogP contribution in [0.25, 0.3) is 12.2 Å². The number of hydrogen-bond donors (Lipinski definition) is 0. The molecule has 1 aliphatic heterocycles. The maximum atomic E-state index is 12.8. The summed E-state index contributed by atoms with van der Waals surface area (Å²) in [5.74, 6) is -0.546. The van der Waals surface area contributed by atoms with Crippen molar-refractivity contribution in [2.45, 2.75) is 0 Å². The minimum Gasteiger partial charge on any atom is -0.468 e. The van der Waals surface area contributed by atoms with Crippen molar-refractivity contribution in [2.24, 2.45) is 4.99 Å². The van der Waals surface area contributed by atoms with E-state index >= 15 is 0 Å². The fraction of sp³-hybridized carbons (Fsp3) is 0.190. The molecule has 0 N–H and O–H groups in total. The smallest absolute Gasteiger partial charge is 0.325 e. The monoisotopic (exact) mass is 391 g/mol. The standard InChI is InChI=1S/C21H21N5O3/c1-25(2)17-7-4-15(5-8-17)10-18-21(28)26(13-20(27)29-3)19(24-18)9-6-16-11-22-14-23-12-16/h4-12,14H,13H2,1-3H3/b9-6+,18-10-. The second-order valence-corrected chi connectivity index (χ2v) is 6.46. The van der Waals surface area contributed by atoms with E-state index in [0.29, 0.717) is 5.84 Å². The van der Waals surface area contributed by atoms with E-state index in [9.17, 15) is 9.59 Å². The molecular weight excluding hydrogens is 370 g/mol. The lowest BCUT2D eigenvalue weighted by atomic mass is 10.1. The molecule has 0 aliphatic carbocycles. The first kappa shape index (κ1) is 19.9. The quantitative estimate of drug-likeness (QED) is 0.553. The Morgan fingerprint density at radius 2 is 1.79 bits per heavy atom. The minimum atomic E-state index is -0.529. The van der Waals surface area contributed by atoms with Gasteiger partial charge in [0, 0.05) is 37.7 Å². The molecule has 3 rings (SSSR count). The van der Waals surface area contributed by atoms with Gasteiger partial charge in [-0.25, -0.2) is 15.0 Å². The predicted octanol–water partition coefficient (Wildman–Crippen LogP) is 2.01. The maximum Gasteiger partial charge on any atom is 0.325 e. The fourth-order valence-electron chi connectivity index (χ4n) is 2.64. The molecule has 1 aromatic carbocycles. The molecule has 0 spiro atoms. The average Bonchev–Trinajstić information content (AvgIpc) is 3.02. The fourth-order valence-corrected chi connectivity index (χ4v) is 2.64. The highest BCUT2D eigenvalue weighted by Crippen LogP contribution is 2.21. The molecule has 2 heterocycles. The highest BCUT2D eigenvalue weighted by molar-refractivity contribution is 6.19. The van der Waals surface area contributed by atoms with Crippen molar-refractivity contribution in [3.63, 3.8) is 0 Å². The van der Waals surface area contributed by atoms with Crippen LogP contribution in [0.5, 0.6) is 0 Å². The van der Waals surface area contributed by atoms with Crippen LogP contribution in [0.15, 0.2) is 59.8 Å². The molecule has 0 atom stereocenters. The Balaban J connectivity index is 1.90. The van der Waals surface area contributed by atoms with Gasteiger partial charge in [0.05, 0.1) is 7.11 Å². The molecule has 8 heteroatoms. The Bertz CT molecular complexity index is 979. The lowest BCUT2D eigenvalue weighted by Gasteiger charge is -2.14. The SMILES string of the molecule is COC(=O)CN1C(=O)/C(=C/c2ccc(N(C)C)cc2)N=C1/C=C/c1cncnc1. The maximum absolute atomic E-state index is 12.8. The lowest BCUT2D eigenvalue weighted by Crippen LogP contribution is -2.36. The molecule has 0 bridgehead atoms.